The number of rotatable bonds is 3. The number of hydrazone groups is 1. The van der Waals surface area contributed by atoms with Crippen molar-refractivity contribution >= 4 is 11.7 Å². The Bertz CT molecular complexity index is 368. The second-order valence-electron chi connectivity index (χ2n) is 3.25. The maximum atomic E-state index is 10.5. The van der Waals surface area contributed by atoms with E-state index in [2.05, 4.69) is 10.5 Å². The number of hydrogen-bond acceptors (Lipinski definition) is 2. The van der Waals surface area contributed by atoms with Crippen LogP contribution in [-0.4, -0.2) is 11.7 Å². The average Bonchev–Trinajstić information content (AvgIpc) is 2.21. The number of nitrogens with one attached hydrogen (secondary N) is 1. The van der Waals surface area contributed by atoms with Gasteiger partial charge in [-0.15, -0.1) is 0 Å². The van der Waals surface area contributed by atoms with Crippen LogP contribution in [0.15, 0.2) is 29.4 Å². The fourth-order valence-corrected chi connectivity index (χ4v) is 1.22. The van der Waals surface area contributed by atoms with E-state index in [0.717, 1.165) is 17.7 Å². The van der Waals surface area contributed by atoms with Crippen LogP contribution >= 0.6 is 0 Å². The number of carbonyl (C=O) groups excluding carboxylic acids is 1. The lowest BCUT2D eigenvalue weighted by molar-refractivity contribution is 0.249. The highest BCUT2D eigenvalue weighted by molar-refractivity contribution is 6.00. The van der Waals surface area contributed by atoms with E-state index in [4.69, 9.17) is 5.73 Å². The standard InChI is InChI=1S/C11H15N3O/c1-3-10(13-14-11(12)15)9-6-4-8(2)5-7-9/h4-7H,3H2,1-2H3,(H3,12,14,15). The zero-order chi connectivity index (χ0) is 11.3. The molecule has 1 aromatic carbocycles. The normalized spacial score (nSPS) is 11.2. The van der Waals surface area contributed by atoms with Crippen molar-refractivity contribution in [3.05, 3.63) is 35.4 Å². The molecule has 4 nitrogen and oxygen atoms in total. The summed E-state index contributed by atoms with van der Waals surface area (Å²) >= 11 is 0. The summed E-state index contributed by atoms with van der Waals surface area (Å²) in [5.74, 6) is 0. The largest absolute Gasteiger partial charge is 0.350 e. The van der Waals surface area contributed by atoms with E-state index in [0.29, 0.717) is 0 Å². The first-order valence-electron chi connectivity index (χ1n) is 4.82. The fourth-order valence-electron chi connectivity index (χ4n) is 1.22. The lowest BCUT2D eigenvalue weighted by atomic mass is 10.1. The summed E-state index contributed by atoms with van der Waals surface area (Å²) in [6.07, 6.45) is 0.739. The lowest BCUT2D eigenvalue weighted by Gasteiger charge is -2.04. The molecule has 0 aliphatic heterocycles. The fraction of sp³-hybridized carbons (Fsp3) is 0.273. The van der Waals surface area contributed by atoms with Crippen LogP contribution in [-0.2, 0) is 0 Å². The van der Waals surface area contributed by atoms with Crippen LogP contribution in [0.3, 0.4) is 0 Å². The molecule has 15 heavy (non-hydrogen) atoms. The third-order valence-electron chi connectivity index (χ3n) is 2.02. The molecular weight excluding hydrogens is 190 g/mol. The number of nitrogens with two attached hydrogens (primary N) is 1. The molecule has 0 radical (unpaired) electrons. The quantitative estimate of drug-likeness (QED) is 0.573. The third kappa shape index (κ3) is 3.42. The Balaban J connectivity index is 2.87. The van der Waals surface area contributed by atoms with Crippen LogP contribution < -0.4 is 11.2 Å². The highest BCUT2D eigenvalue weighted by Crippen LogP contribution is 2.06. The summed E-state index contributed by atoms with van der Waals surface area (Å²) in [6, 6.07) is 7.31. The minimum atomic E-state index is -0.645. The third-order valence-corrected chi connectivity index (χ3v) is 2.02. The lowest BCUT2D eigenvalue weighted by Crippen LogP contribution is -2.25. The molecule has 0 fully saturated rings. The number of nitrogens with zero attached hydrogens (tertiary/aromatic N) is 1. The van der Waals surface area contributed by atoms with Crippen molar-refractivity contribution in [1.29, 1.82) is 0 Å². The molecule has 3 N–H and O–H groups in total. The van der Waals surface area contributed by atoms with Crippen LogP contribution in [0.2, 0.25) is 0 Å². The highest BCUT2D eigenvalue weighted by Gasteiger charge is 2.00. The number of amides is 2. The van der Waals surface area contributed by atoms with Gasteiger partial charge in [0, 0.05) is 0 Å². The molecular formula is C11H15N3O. The van der Waals surface area contributed by atoms with Gasteiger partial charge in [-0.1, -0.05) is 36.8 Å². The van der Waals surface area contributed by atoms with E-state index in [9.17, 15) is 4.79 Å². The Morgan fingerprint density at radius 1 is 1.40 bits per heavy atom. The van der Waals surface area contributed by atoms with E-state index in [1.165, 1.54) is 5.56 Å². The van der Waals surface area contributed by atoms with Gasteiger partial charge in [0.25, 0.3) is 0 Å². The molecule has 0 heterocycles. The van der Waals surface area contributed by atoms with Crippen molar-refractivity contribution in [2.75, 3.05) is 0 Å². The predicted molar refractivity (Wildman–Crippen MR) is 60.7 cm³/mol. The molecule has 0 atom stereocenters. The molecule has 0 aliphatic carbocycles. The SMILES string of the molecule is CCC(=NNC(N)=O)c1ccc(C)cc1. The summed E-state index contributed by atoms with van der Waals surface area (Å²) in [4.78, 5) is 10.5. The average molecular weight is 205 g/mol. The van der Waals surface area contributed by atoms with Crippen LogP contribution in [0.1, 0.15) is 24.5 Å². The summed E-state index contributed by atoms with van der Waals surface area (Å²) in [5.41, 5.74) is 10.2. The van der Waals surface area contributed by atoms with Crippen molar-refractivity contribution < 1.29 is 4.79 Å². The Kier molecular flexibility index (Phi) is 3.85. The van der Waals surface area contributed by atoms with Gasteiger partial charge in [0.2, 0.25) is 0 Å². The molecule has 0 aromatic heterocycles. The van der Waals surface area contributed by atoms with Crippen molar-refractivity contribution in [1.82, 2.24) is 5.43 Å². The van der Waals surface area contributed by atoms with E-state index in [1.54, 1.807) is 0 Å². The molecule has 0 saturated heterocycles. The second-order valence-corrected chi connectivity index (χ2v) is 3.25. The first kappa shape index (κ1) is 11.2. The zero-order valence-electron chi connectivity index (χ0n) is 8.95. The van der Waals surface area contributed by atoms with Gasteiger partial charge in [0.1, 0.15) is 0 Å². The van der Waals surface area contributed by atoms with Crippen LogP contribution in [0.25, 0.3) is 0 Å². The number of benzene rings is 1. The second kappa shape index (κ2) is 5.14. The van der Waals surface area contributed by atoms with E-state index < -0.39 is 6.03 Å². The summed E-state index contributed by atoms with van der Waals surface area (Å²) in [5, 5.41) is 3.93. The molecule has 0 unspecified atom stereocenters. The summed E-state index contributed by atoms with van der Waals surface area (Å²) in [6.45, 7) is 4.00. The van der Waals surface area contributed by atoms with Gasteiger partial charge in [-0.25, -0.2) is 10.2 Å². The smallest absolute Gasteiger partial charge is 0.332 e. The van der Waals surface area contributed by atoms with Gasteiger partial charge in [-0.05, 0) is 18.9 Å². The number of urea groups is 1. The number of aryl methyl sites for hydroxylation is 1. The Morgan fingerprint density at radius 3 is 2.47 bits per heavy atom. The molecule has 0 spiro atoms. The van der Waals surface area contributed by atoms with Crippen LogP contribution in [0.4, 0.5) is 4.79 Å². The van der Waals surface area contributed by atoms with Gasteiger partial charge in [0.15, 0.2) is 0 Å². The van der Waals surface area contributed by atoms with E-state index in [-0.39, 0.29) is 0 Å². The van der Waals surface area contributed by atoms with Crippen molar-refractivity contribution in [3.8, 4) is 0 Å². The molecule has 80 valence electrons. The molecule has 1 aromatic rings. The topological polar surface area (TPSA) is 67.5 Å². The summed E-state index contributed by atoms with van der Waals surface area (Å²) in [7, 11) is 0. The maximum Gasteiger partial charge on any atom is 0.332 e. The number of primary amides is 1. The first-order chi connectivity index (χ1) is 7.13. The van der Waals surface area contributed by atoms with Crippen molar-refractivity contribution in [2.45, 2.75) is 20.3 Å². The van der Waals surface area contributed by atoms with Crippen LogP contribution in [0, 0.1) is 6.92 Å². The van der Waals surface area contributed by atoms with Crippen molar-refractivity contribution in [2.24, 2.45) is 10.8 Å². The maximum absolute atomic E-state index is 10.5. The van der Waals surface area contributed by atoms with Gasteiger partial charge < -0.3 is 5.73 Å². The molecule has 4 heteroatoms. The number of carbonyl (C=O) groups is 1. The van der Waals surface area contributed by atoms with Gasteiger partial charge in [-0.3, -0.25) is 0 Å². The van der Waals surface area contributed by atoms with E-state index >= 15 is 0 Å². The molecule has 0 bridgehead atoms. The number of hydrogen-bond donors (Lipinski definition) is 2. The first-order valence-corrected chi connectivity index (χ1v) is 4.82. The molecule has 2 amide bonds. The molecule has 0 aliphatic rings. The predicted octanol–water partition coefficient (Wildman–Crippen LogP) is 1.78. The van der Waals surface area contributed by atoms with Crippen LogP contribution in [0.5, 0.6) is 0 Å². The zero-order valence-corrected chi connectivity index (χ0v) is 8.95. The Morgan fingerprint density at radius 2 is 2.00 bits per heavy atom. The minimum Gasteiger partial charge on any atom is -0.350 e. The Hall–Kier alpha value is -1.84. The highest BCUT2D eigenvalue weighted by atomic mass is 16.2. The van der Waals surface area contributed by atoms with Gasteiger partial charge in [-0.2, -0.15) is 5.10 Å². The van der Waals surface area contributed by atoms with Gasteiger partial charge in [0.05, 0.1) is 5.71 Å². The Labute approximate surface area is 89.2 Å². The van der Waals surface area contributed by atoms with E-state index in [1.807, 2.05) is 38.1 Å². The van der Waals surface area contributed by atoms with Gasteiger partial charge >= 0.3 is 6.03 Å². The summed E-state index contributed by atoms with van der Waals surface area (Å²) < 4.78 is 0. The van der Waals surface area contributed by atoms with Crippen molar-refractivity contribution in [3.63, 3.8) is 0 Å². The monoisotopic (exact) mass is 205 g/mol. The molecule has 1 rings (SSSR count). The molecule has 0 saturated carbocycles. The minimum absolute atomic E-state index is 0.645.